The lowest BCUT2D eigenvalue weighted by atomic mass is 9.88. The van der Waals surface area contributed by atoms with Crippen LogP contribution in [0, 0.1) is 5.92 Å². The Kier molecular flexibility index (Phi) is 6.36. The van der Waals surface area contributed by atoms with Gasteiger partial charge in [0.2, 0.25) is 5.91 Å². The van der Waals surface area contributed by atoms with Crippen LogP contribution in [0.15, 0.2) is 54.6 Å². The number of hydrogen-bond donors (Lipinski definition) is 0. The Labute approximate surface area is 178 Å². The standard InChI is InChI=1S/C25H30N2O3/c1-30-23-9-7-21(8-10-23)24(28)27-17-13-22(14-18-27)25(29)26-15-11-20(12-16-26)19-5-3-2-4-6-19/h2-10,20,22H,11-18H2,1H3. The lowest BCUT2D eigenvalue weighted by Gasteiger charge is -2.37. The molecule has 2 aliphatic rings. The van der Waals surface area contributed by atoms with Crippen molar-refractivity contribution in [1.82, 2.24) is 9.80 Å². The van der Waals surface area contributed by atoms with E-state index in [9.17, 15) is 9.59 Å². The van der Waals surface area contributed by atoms with E-state index in [-0.39, 0.29) is 17.7 Å². The predicted molar refractivity (Wildman–Crippen MR) is 117 cm³/mol. The van der Waals surface area contributed by atoms with E-state index in [1.54, 1.807) is 19.2 Å². The van der Waals surface area contributed by atoms with Gasteiger partial charge in [-0.25, -0.2) is 0 Å². The molecule has 2 amide bonds. The van der Waals surface area contributed by atoms with Gasteiger partial charge in [-0.2, -0.15) is 0 Å². The van der Waals surface area contributed by atoms with Crippen molar-refractivity contribution in [3.63, 3.8) is 0 Å². The maximum atomic E-state index is 13.0. The highest BCUT2D eigenvalue weighted by Gasteiger charge is 2.32. The number of nitrogens with zero attached hydrogens (tertiary/aromatic N) is 2. The van der Waals surface area contributed by atoms with E-state index in [0.29, 0.717) is 24.6 Å². The first-order chi connectivity index (χ1) is 14.7. The first-order valence-corrected chi connectivity index (χ1v) is 10.9. The van der Waals surface area contributed by atoms with E-state index in [0.717, 1.165) is 44.5 Å². The van der Waals surface area contributed by atoms with Gasteiger partial charge in [0.25, 0.3) is 5.91 Å². The number of likely N-dealkylation sites (tertiary alicyclic amines) is 2. The summed E-state index contributed by atoms with van der Waals surface area (Å²) in [5, 5.41) is 0. The molecular formula is C25H30N2O3. The molecule has 4 rings (SSSR count). The molecule has 2 fully saturated rings. The topological polar surface area (TPSA) is 49.9 Å². The summed E-state index contributed by atoms with van der Waals surface area (Å²) in [6.07, 6.45) is 3.56. The number of amides is 2. The van der Waals surface area contributed by atoms with Crippen LogP contribution >= 0.6 is 0 Å². The smallest absolute Gasteiger partial charge is 0.253 e. The second kappa shape index (κ2) is 9.33. The third kappa shape index (κ3) is 4.50. The number of carbonyl (C=O) groups excluding carboxylic acids is 2. The van der Waals surface area contributed by atoms with Gasteiger partial charge in [0.1, 0.15) is 5.75 Å². The van der Waals surface area contributed by atoms with Gasteiger partial charge in [-0.3, -0.25) is 9.59 Å². The van der Waals surface area contributed by atoms with Gasteiger partial charge >= 0.3 is 0 Å². The molecule has 2 aromatic rings. The fourth-order valence-electron chi connectivity index (χ4n) is 4.66. The van der Waals surface area contributed by atoms with Gasteiger partial charge in [-0.1, -0.05) is 30.3 Å². The second-order valence-electron chi connectivity index (χ2n) is 8.31. The molecule has 0 bridgehead atoms. The maximum Gasteiger partial charge on any atom is 0.253 e. The third-order valence-corrected chi connectivity index (χ3v) is 6.55. The summed E-state index contributed by atoms with van der Waals surface area (Å²) in [6, 6.07) is 17.8. The molecule has 0 aliphatic carbocycles. The summed E-state index contributed by atoms with van der Waals surface area (Å²) in [6.45, 7) is 2.95. The molecule has 2 heterocycles. The fourth-order valence-corrected chi connectivity index (χ4v) is 4.66. The largest absolute Gasteiger partial charge is 0.497 e. The van der Waals surface area contributed by atoms with Gasteiger partial charge in [0.05, 0.1) is 7.11 Å². The zero-order chi connectivity index (χ0) is 20.9. The van der Waals surface area contributed by atoms with Crippen LogP contribution in [0.3, 0.4) is 0 Å². The van der Waals surface area contributed by atoms with E-state index in [1.165, 1.54) is 5.56 Å². The van der Waals surface area contributed by atoms with Gasteiger partial charge in [-0.05, 0) is 61.4 Å². The molecule has 30 heavy (non-hydrogen) atoms. The molecule has 0 unspecified atom stereocenters. The molecule has 0 spiro atoms. The molecular weight excluding hydrogens is 376 g/mol. The average Bonchev–Trinajstić information content (AvgIpc) is 2.84. The van der Waals surface area contributed by atoms with Crippen molar-refractivity contribution in [2.45, 2.75) is 31.6 Å². The molecule has 0 atom stereocenters. The van der Waals surface area contributed by atoms with Crippen LogP contribution in [-0.4, -0.2) is 54.9 Å². The third-order valence-electron chi connectivity index (χ3n) is 6.55. The number of rotatable bonds is 4. The number of benzene rings is 2. The average molecular weight is 407 g/mol. The summed E-state index contributed by atoms with van der Waals surface area (Å²) in [7, 11) is 1.61. The maximum absolute atomic E-state index is 13.0. The lowest BCUT2D eigenvalue weighted by Crippen LogP contribution is -2.46. The SMILES string of the molecule is COc1ccc(C(=O)N2CCC(C(=O)N3CCC(c4ccccc4)CC3)CC2)cc1. The fraction of sp³-hybridized carbons (Fsp3) is 0.440. The van der Waals surface area contributed by atoms with Crippen LogP contribution < -0.4 is 4.74 Å². The van der Waals surface area contributed by atoms with Crippen molar-refractivity contribution in [1.29, 1.82) is 0 Å². The number of carbonyl (C=O) groups is 2. The Bertz CT molecular complexity index is 850. The zero-order valence-corrected chi connectivity index (χ0v) is 17.6. The van der Waals surface area contributed by atoms with Crippen LogP contribution in [0.4, 0.5) is 0 Å². The normalized spacial score (nSPS) is 18.3. The number of methoxy groups -OCH3 is 1. The van der Waals surface area contributed by atoms with E-state index < -0.39 is 0 Å². The van der Waals surface area contributed by atoms with Crippen molar-refractivity contribution in [2.24, 2.45) is 5.92 Å². The van der Waals surface area contributed by atoms with Crippen molar-refractivity contribution >= 4 is 11.8 Å². The van der Waals surface area contributed by atoms with E-state index in [1.807, 2.05) is 28.0 Å². The Balaban J connectivity index is 1.27. The van der Waals surface area contributed by atoms with Crippen LogP contribution in [0.5, 0.6) is 5.75 Å². The molecule has 158 valence electrons. The molecule has 2 aromatic carbocycles. The minimum absolute atomic E-state index is 0.0345. The lowest BCUT2D eigenvalue weighted by molar-refractivity contribution is -0.138. The highest BCUT2D eigenvalue weighted by molar-refractivity contribution is 5.94. The van der Waals surface area contributed by atoms with E-state index >= 15 is 0 Å². The van der Waals surface area contributed by atoms with Crippen LogP contribution in [0.1, 0.15) is 47.5 Å². The van der Waals surface area contributed by atoms with Crippen molar-refractivity contribution in [3.8, 4) is 5.75 Å². The summed E-state index contributed by atoms with van der Waals surface area (Å²) < 4.78 is 5.16. The van der Waals surface area contributed by atoms with Gasteiger partial charge in [0.15, 0.2) is 0 Å². The van der Waals surface area contributed by atoms with Crippen molar-refractivity contribution in [3.05, 3.63) is 65.7 Å². The molecule has 0 N–H and O–H groups in total. The van der Waals surface area contributed by atoms with Gasteiger partial charge in [0, 0.05) is 37.7 Å². The first kappa shape index (κ1) is 20.5. The summed E-state index contributed by atoms with van der Waals surface area (Å²) in [5.74, 6) is 1.65. The Morgan fingerprint density at radius 1 is 0.800 bits per heavy atom. The molecule has 0 saturated carbocycles. The van der Waals surface area contributed by atoms with Gasteiger partial charge in [-0.15, -0.1) is 0 Å². The summed E-state index contributed by atoms with van der Waals surface area (Å²) >= 11 is 0. The summed E-state index contributed by atoms with van der Waals surface area (Å²) in [4.78, 5) is 29.7. The molecule has 0 radical (unpaired) electrons. The van der Waals surface area contributed by atoms with Crippen molar-refractivity contribution < 1.29 is 14.3 Å². The van der Waals surface area contributed by atoms with E-state index in [2.05, 4.69) is 24.3 Å². The predicted octanol–water partition coefficient (Wildman–Crippen LogP) is 3.95. The zero-order valence-electron chi connectivity index (χ0n) is 17.6. The highest BCUT2D eigenvalue weighted by atomic mass is 16.5. The highest BCUT2D eigenvalue weighted by Crippen LogP contribution is 2.30. The quantitative estimate of drug-likeness (QED) is 0.772. The monoisotopic (exact) mass is 406 g/mol. The van der Waals surface area contributed by atoms with Gasteiger partial charge < -0.3 is 14.5 Å². The Morgan fingerprint density at radius 2 is 1.40 bits per heavy atom. The first-order valence-electron chi connectivity index (χ1n) is 10.9. The van der Waals surface area contributed by atoms with E-state index in [4.69, 9.17) is 4.74 Å². The Morgan fingerprint density at radius 3 is 2.00 bits per heavy atom. The molecule has 5 nitrogen and oxygen atoms in total. The minimum Gasteiger partial charge on any atom is -0.497 e. The summed E-state index contributed by atoms with van der Waals surface area (Å²) in [5.41, 5.74) is 2.05. The number of hydrogen-bond acceptors (Lipinski definition) is 3. The second-order valence-corrected chi connectivity index (χ2v) is 8.31. The van der Waals surface area contributed by atoms with Crippen LogP contribution in [0.2, 0.25) is 0 Å². The minimum atomic E-state index is 0.0345. The molecule has 2 saturated heterocycles. The molecule has 2 aliphatic heterocycles. The Hall–Kier alpha value is -2.82. The number of piperidine rings is 2. The van der Waals surface area contributed by atoms with Crippen LogP contribution in [0.25, 0.3) is 0 Å². The number of ether oxygens (including phenoxy) is 1. The van der Waals surface area contributed by atoms with Crippen molar-refractivity contribution in [2.75, 3.05) is 33.3 Å². The molecule has 0 aromatic heterocycles. The molecule has 5 heteroatoms. The van der Waals surface area contributed by atoms with Crippen LogP contribution in [-0.2, 0) is 4.79 Å².